The fourth-order valence-electron chi connectivity index (χ4n) is 3.72. The number of rotatable bonds is 6. The van der Waals surface area contributed by atoms with Gasteiger partial charge in [-0.25, -0.2) is 5.43 Å². The molecule has 1 fully saturated rings. The zero-order valence-electron chi connectivity index (χ0n) is 16.5. The average Bonchev–Trinajstić information content (AvgIpc) is 2.79. The molecule has 4 rings (SSSR count). The minimum Gasteiger partial charge on any atom is -0.369 e. The predicted molar refractivity (Wildman–Crippen MR) is 119 cm³/mol. The molecule has 3 aromatic carbocycles. The Kier molecular flexibility index (Phi) is 6.17. The molecular weight excluding hydrogens is 360 g/mol. The van der Waals surface area contributed by atoms with Crippen molar-refractivity contribution >= 4 is 28.6 Å². The van der Waals surface area contributed by atoms with Crippen molar-refractivity contribution in [3.05, 3.63) is 78.4 Å². The van der Waals surface area contributed by atoms with Crippen LogP contribution in [-0.2, 0) is 4.79 Å². The minimum absolute atomic E-state index is 0.0491. The molecule has 0 unspecified atom stereocenters. The summed E-state index contributed by atoms with van der Waals surface area (Å²) in [6.07, 6.45) is 2.18. The second-order valence-electron chi connectivity index (χ2n) is 7.28. The predicted octanol–water partition coefficient (Wildman–Crippen LogP) is 3.50. The standard InChI is InChI=1S/C24H26N4O/c29-24(26-25-19-21-9-6-8-20-7-4-5-12-23(20)21)13-14-27-15-17-28(18-16-27)22-10-2-1-3-11-22/h1-12,19H,13-18H2,(H,26,29)/b25-19+. The van der Waals surface area contributed by atoms with Crippen LogP contribution in [-0.4, -0.2) is 49.7 Å². The Hall–Kier alpha value is -3.18. The lowest BCUT2D eigenvalue weighted by atomic mass is 10.1. The smallest absolute Gasteiger partial charge is 0.241 e. The highest BCUT2D eigenvalue weighted by Gasteiger charge is 2.17. The maximum atomic E-state index is 12.2. The molecule has 0 bridgehead atoms. The largest absolute Gasteiger partial charge is 0.369 e. The van der Waals surface area contributed by atoms with E-state index < -0.39 is 0 Å². The van der Waals surface area contributed by atoms with Crippen LogP contribution in [0.2, 0.25) is 0 Å². The van der Waals surface area contributed by atoms with Crippen LogP contribution in [0.3, 0.4) is 0 Å². The molecule has 148 valence electrons. The van der Waals surface area contributed by atoms with Gasteiger partial charge in [0.05, 0.1) is 6.21 Å². The number of amides is 1. The van der Waals surface area contributed by atoms with Crippen molar-refractivity contribution < 1.29 is 4.79 Å². The first-order chi connectivity index (χ1) is 14.3. The van der Waals surface area contributed by atoms with Crippen LogP contribution in [0.1, 0.15) is 12.0 Å². The van der Waals surface area contributed by atoms with Gasteiger partial charge >= 0.3 is 0 Å². The molecule has 0 radical (unpaired) electrons. The van der Waals surface area contributed by atoms with Gasteiger partial charge in [0.15, 0.2) is 0 Å². The fourth-order valence-corrected chi connectivity index (χ4v) is 3.72. The molecule has 3 aromatic rings. The van der Waals surface area contributed by atoms with E-state index in [0.717, 1.165) is 49.1 Å². The number of anilines is 1. The molecule has 1 aliphatic heterocycles. The summed E-state index contributed by atoms with van der Waals surface area (Å²) in [5, 5.41) is 6.45. The van der Waals surface area contributed by atoms with E-state index in [4.69, 9.17) is 0 Å². The van der Waals surface area contributed by atoms with E-state index in [1.54, 1.807) is 6.21 Å². The Bertz CT molecular complexity index is 973. The van der Waals surface area contributed by atoms with Gasteiger partial charge in [-0.05, 0) is 22.9 Å². The van der Waals surface area contributed by atoms with Crippen molar-refractivity contribution in [2.75, 3.05) is 37.6 Å². The molecule has 0 aliphatic carbocycles. The highest BCUT2D eigenvalue weighted by atomic mass is 16.2. The van der Waals surface area contributed by atoms with Gasteiger partial charge in [-0.15, -0.1) is 0 Å². The summed E-state index contributed by atoms with van der Waals surface area (Å²) >= 11 is 0. The van der Waals surface area contributed by atoms with E-state index in [9.17, 15) is 4.79 Å². The Morgan fingerprint density at radius 1 is 0.897 bits per heavy atom. The fraction of sp³-hybridized carbons (Fsp3) is 0.250. The molecule has 1 saturated heterocycles. The molecule has 1 N–H and O–H groups in total. The number of carbonyl (C=O) groups is 1. The highest BCUT2D eigenvalue weighted by Crippen LogP contribution is 2.17. The summed E-state index contributed by atoms with van der Waals surface area (Å²) in [6, 6.07) is 24.7. The van der Waals surface area contributed by atoms with Crippen molar-refractivity contribution in [1.82, 2.24) is 10.3 Å². The lowest BCUT2D eigenvalue weighted by Crippen LogP contribution is -2.47. The molecule has 0 atom stereocenters. The number of hydrazone groups is 1. The SMILES string of the molecule is O=C(CCN1CCN(c2ccccc2)CC1)N/N=C/c1cccc2ccccc12. The minimum atomic E-state index is -0.0491. The van der Waals surface area contributed by atoms with E-state index in [1.807, 2.05) is 30.3 Å². The topological polar surface area (TPSA) is 47.9 Å². The lowest BCUT2D eigenvalue weighted by molar-refractivity contribution is -0.121. The number of carbonyl (C=O) groups excluding carboxylic acids is 1. The Labute approximate surface area is 171 Å². The van der Waals surface area contributed by atoms with Gasteiger partial charge in [0.2, 0.25) is 5.91 Å². The number of nitrogens with zero attached hydrogens (tertiary/aromatic N) is 3. The van der Waals surface area contributed by atoms with Gasteiger partial charge in [-0.2, -0.15) is 5.10 Å². The van der Waals surface area contributed by atoms with Crippen LogP contribution in [0, 0.1) is 0 Å². The van der Waals surface area contributed by atoms with Crippen LogP contribution >= 0.6 is 0 Å². The molecule has 1 heterocycles. The molecule has 0 saturated carbocycles. The monoisotopic (exact) mass is 386 g/mol. The number of nitrogens with one attached hydrogen (secondary N) is 1. The molecule has 1 amide bonds. The van der Waals surface area contributed by atoms with Crippen molar-refractivity contribution in [3.8, 4) is 0 Å². The summed E-state index contributed by atoms with van der Waals surface area (Å²) in [6.45, 7) is 4.69. The summed E-state index contributed by atoms with van der Waals surface area (Å²) < 4.78 is 0. The molecular formula is C24H26N4O. The number of hydrogen-bond donors (Lipinski definition) is 1. The van der Waals surface area contributed by atoms with Gasteiger partial charge in [-0.3, -0.25) is 9.69 Å². The van der Waals surface area contributed by atoms with E-state index in [2.05, 4.69) is 62.8 Å². The first-order valence-corrected chi connectivity index (χ1v) is 10.1. The summed E-state index contributed by atoms with van der Waals surface area (Å²) in [5.74, 6) is -0.0491. The van der Waals surface area contributed by atoms with Crippen molar-refractivity contribution in [2.45, 2.75) is 6.42 Å². The molecule has 29 heavy (non-hydrogen) atoms. The third-order valence-corrected chi connectivity index (χ3v) is 5.36. The highest BCUT2D eigenvalue weighted by molar-refractivity contribution is 5.99. The van der Waals surface area contributed by atoms with Crippen molar-refractivity contribution in [3.63, 3.8) is 0 Å². The molecule has 0 aromatic heterocycles. The van der Waals surface area contributed by atoms with Gasteiger partial charge in [-0.1, -0.05) is 60.7 Å². The second-order valence-corrected chi connectivity index (χ2v) is 7.28. The first kappa shape index (κ1) is 19.2. The average molecular weight is 386 g/mol. The summed E-state index contributed by atoms with van der Waals surface area (Å²) in [7, 11) is 0. The molecule has 5 heteroatoms. The number of fused-ring (bicyclic) bond motifs is 1. The maximum Gasteiger partial charge on any atom is 0.241 e. The Balaban J connectivity index is 1.22. The van der Waals surface area contributed by atoms with E-state index >= 15 is 0 Å². The number of benzene rings is 3. The van der Waals surface area contributed by atoms with Crippen molar-refractivity contribution in [1.29, 1.82) is 0 Å². The van der Waals surface area contributed by atoms with Crippen LogP contribution in [0.4, 0.5) is 5.69 Å². The Morgan fingerprint density at radius 3 is 2.45 bits per heavy atom. The van der Waals surface area contributed by atoms with Crippen LogP contribution in [0.25, 0.3) is 10.8 Å². The van der Waals surface area contributed by atoms with Crippen molar-refractivity contribution in [2.24, 2.45) is 5.10 Å². The normalized spacial score (nSPS) is 15.1. The molecule has 0 spiro atoms. The zero-order chi connectivity index (χ0) is 19.9. The van der Waals surface area contributed by atoms with Crippen LogP contribution in [0.5, 0.6) is 0 Å². The quantitative estimate of drug-likeness (QED) is 0.521. The molecule has 1 aliphatic rings. The molecule has 5 nitrogen and oxygen atoms in total. The van der Waals surface area contributed by atoms with E-state index in [-0.39, 0.29) is 5.91 Å². The third-order valence-electron chi connectivity index (χ3n) is 5.36. The Morgan fingerprint density at radius 2 is 1.62 bits per heavy atom. The van der Waals surface area contributed by atoms with Gasteiger partial charge in [0.25, 0.3) is 0 Å². The van der Waals surface area contributed by atoms with E-state index in [1.165, 1.54) is 5.69 Å². The second kappa shape index (κ2) is 9.34. The van der Waals surface area contributed by atoms with E-state index in [0.29, 0.717) is 6.42 Å². The number of para-hydroxylation sites is 1. The third kappa shape index (κ3) is 5.00. The first-order valence-electron chi connectivity index (χ1n) is 10.1. The zero-order valence-corrected chi connectivity index (χ0v) is 16.5. The summed E-state index contributed by atoms with van der Waals surface area (Å²) in [5.41, 5.74) is 4.93. The maximum absolute atomic E-state index is 12.2. The summed E-state index contributed by atoms with van der Waals surface area (Å²) in [4.78, 5) is 16.9. The van der Waals surface area contributed by atoms with Gasteiger partial charge in [0.1, 0.15) is 0 Å². The van der Waals surface area contributed by atoms with Gasteiger partial charge in [0, 0.05) is 50.4 Å². The van der Waals surface area contributed by atoms with Crippen LogP contribution in [0.15, 0.2) is 77.9 Å². The number of hydrogen-bond acceptors (Lipinski definition) is 4. The van der Waals surface area contributed by atoms with Crippen LogP contribution < -0.4 is 10.3 Å². The number of piperazine rings is 1. The lowest BCUT2D eigenvalue weighted by Gasteiger charge is -2.36. The van der Waals surface area contributed by atoms with Gasteiger partial charge < -0.3 is 4.90 Å².